The predicted molar refractivity (Wildman–Crippen MR) is 85.9 cm³/mol. The van der Waals surface area contributed by atoms with Crippen molar-refractivity contribution in [3.63, 3.8) is 0 Å². The zero-order valence-electron chi connectivity index (χ0n) is 13.3. The molecule has 0 amide bonds. The Morgan fingerprint density at radius 1 is 1.24 bits per heavy atom. The first kappa shape index (κ1) is 15.1. The lowest BCUT2D eigenvalue weighted by Crippen LogP contribution is -2.32. The molecule has 0 aromatic carbocycles. The van der Waals surface area contributed by atoms with Crippen LogP contribution in [0.4, 0.5) is 0 Å². The quantitative estimate of drug-likeness (QED) is 0.809. The Kier molecular flexibility index (Phi) is 4.11. The summed E-state index contributed by atoms with van der Waals surface area (Å²) in [6.07, 6.45) is 13.3. The van der Waals surface area contributed by atoms with Gasteiger partial charge in [-0.15, -0.1) is 0 Å². The van der Waals surface area contributed by atoms with E-state index in [1.165, 1.54) is 36.0 Å². The molecule has 3 rings (SSSR count). The topological polar surface area (TPSA) is 40.5 Å². The summed E-state index contributed by atoms with van der Waals surface area (Å²) in [7, 11) is 0. The molecule has 2 heteroatoms. The summed E-state index contributed by atoms with van der Waals surface area (Å²) in [4.78, 5) is 0. The van der Waals surface area contributed by atoms with Crippen molar-refractivity contribution in [2.45, 2.75) is 71.0 Å². The molecule has 0 heterocycles. The van der Waals surface area contributed by atoms with E-state index in [9.17, 15) is 10.2 Å². The van der Waals surface area contributed by atoms with Crippen LogP contribution in [0.5, 0.6) is 0 Å². The molecule has 0 spiro atoms. The van der Waals surface area contributed by atoms with Gasteiger partial charge in [-0.1, -0.05) is 37.1 Å². The van der Waals surface area contributed by atoms with Gasteiger partial charge >= 0.3 is 0 Å². The summed E-state index contributed by atoms with van der Waals surface area (Å²) in [5.74, 6) is 0.603. The lowest BCUT2D eigenvalue weighted by atomic mass is 9.68. The normalized spacial score (nSPS) is 40.6. The minimum atomic E-state index is -0.295. The first-order chi connectivity index (χ1) is 9.98. The maximum atomic E-state index is 10.2. The highest BCUT2D eigenvalue weighted by molar-refractivity contribution is 5.36. The molecule has 1 fully saturated rings. The Hall–Kier alpha value is -0.860. The van der Waals surface area contributed by atoms with Gasteiger partial charge in [0.15, 0.2) is 0 Å². The summed E-state index contributed by atoms with van der Waals surface area (Å²) in [5, 5.41) is 20.0. The predicted octanol–water partition coefficient (Wildman–Crippen LogP) is 3.90. The minimum absolute atomic E-state index is 0.184. The van der Waals surface area contributed by atoms with Crippen LogP contribution in [-0.4, -0.2) is 22.4 Å². The van der Waals surface area contributed by atoms with Gasteiger partial charge in [-0.05, 0) is 67.9 Å². The van der Waals surface area contributed by atoms with Gasteiger partial charge < -0.3 is 10.2 Å². The molecular weight excluding hydrogens is 260 g/mol. The van der Waals surface area contributed by atoms with Gasteiger partial charge in [-0.25, -0.2) is 0 Å². The molecule has 2 nitrogen and oxygen atoms in total. The molecule has 0 bridgehead atoms. The summed E-state index contributed by atoms with van der Waals surface area (Å²) in [6.45, 7) is 4.51. The highest BCUT2D eigenvalue weighted by atomic mass is 16.3. The number of aliphatic hydroxyl groups excluding tert-OH is 2. The highest BCUT2D eigenvalue weighted by Gasteiger charge is 2.43. The molecular formula is C19H28O2. The monoisotopic (exact) mass is 288 g/mol. The van der Waals surface area contributed by atoms with Crippen molar-refractivity contribution in [2.75, 3.05) is 0 Å². The van der Waals surface area contributed by atoms with Crippen LogP contribution in [0, 0.1) is 11.3 Å². The number of hydrogen-bond donors (Lipinski definition) is 2. The molecule has 3 aliphatic carbocycles. The van der Waals surface area contributed by atoms with E-state index < -0.39 is 0 Å². The summed E-state index contributed by atoms with van der Waals surface area (Å²) < 4.78 is 0. The molecule has 0 saturated heterocycles. The van der Waals surface area contributed by atoms with Crippen LogP contribution in [0.3, 0.4) is 0 Å². The SMILES string of the molecule is CC1=C(/C=C/C2=C[C@H](O)C[C@]3(C)CCC[C@@H]23)C[C@@H](O)CC1. The minimum Gasteiger partial charge on any atom is -0.393 e. The number of rotatable bonds is 2. The van der Waals surface area contributed by atoms with Crippen LogP contribution in [0.15, 0.2) is 34.9 Å². The van der Waals surface area contributed by atoms with Crippen LogP contribution < -0.4 is 0 Å². The molecule has 0 radical (unpaired) electrons. The third kappa shape index (κ3) is 3.02. The molecule has 3 aliphatic rings. The average molecular weight is 288 g/mol. The van der Waals surface area contributed by atoms with Crippen molar-refractivity contribution in [3.05, 3.63) is 34.9 Å². The Bertz CT molecular complexity index is 500. The molecule has 2 N–H and O–H groups in total. The second-order valence-electron chi connectivity index (χ2n) is 7.57. The smallest absolute Gasteiger partial charge is 0.0732 e. The van der Waals surface area contributed by atoms with Gasteiger partial charge in [0, 0.05) is 0 Å². The van der Waals surface area contributed by atoms with Gasteiger partial charge in [0.2, 0.25) is 0 Å². The summed E-state index contributed by atoms with van der Waals surface area (Å²) >= 11 is 0. The first-order valence-corrected chi connectivity index (χ1v) is 8.42. The second kappa shape index (κ2) is 5.73. The van der Waals surface area contributed by atoms with Gasteiger partial charge in [-0.3, -0.25) is 0 Å². The molecule has 21 heavy (non-hydrogen) atoms. The maximum absolute atomic E-state index is 10.2. The van der Waals surface area contributed by atoms with Crippen LogP contribution in [0.2, 0.25) is 0 Å². The van der Waals surface area contributed by atoms with Gasteiger partial charge in [-0.2, -0.15) is 0 Å². The summed E-state index contributed by atoms with van der Waals surface area (Å²) in [6, 6.07) is 0. The number of hydrogen-bond acceptors (Lipinski definition) is 2. The number of aliphatic hydroxyl groups is 2. The van der Waals surface area contributed by atoms with E-state index in [2.05, 4.69) is 32.1 Å². The van der Waals surface area contributed by atoms with Crippen molar-refractivity contribution in [1.29, 1.82) is 0 Å². The van der Waals surface area contributed by atoms with Crippen molar-refractivity contribution in [1.82, 2.24) is 0 Å². The Balaban J connectivity index is 1.81. The second-order valence-corrected chi connectivity index (χ2v) is 7.57. The van der Waals surface area contributed by atoms with Crippen molar-refractivity contribution in [2.24, 2.45) is 11.3 Å². The largest absolute Gasteiger partial charge is 0.393 e. The van der Waals surface area contributed by atoms with Crippen LogP contribution >= 0.6 is 0 Å². The van der Waals surface area contributed by atoms with E-state index in [4.69, 9.17) is 0 Å². The van der Waals surface area contributed by atoms with Crippen LogP contribution in [0.1, 0.15) is 58.8 Å². The van der Waals surface area contributed by atoms with Crippen LogP contribution in [0.25, 0.3) is 0 Å². The lowest BCUT2D eigenvalue weighted by Gasteiger charge is -2.38. The van der Waals surface area contributed by atoms with Crippen molar-refractivity contribution < 1.29 is 10.2 Å². The summed E-state index contributed by atoms with van der Waals surface area (Å²) in [5.41, 5.74) is 4.29. The van der Waals surface area contributed by atoms with E-state index >= 15 is 0 Å². The molecule has 0 aliphatic heterocycles. The number of allylic oxidation sites excluding steroid dienone is 4. The molecule has 4 atom stereocenters. The Morgan fingerprint density at radius 3 is 2.86 bits per heavy atom. The molecule has 1 saturated carbocycles. The zero-order valence-corrected chi connectivity index (χ0v) is 13.3. The molecule has 0 aromatic rings. The zero-order chi connectivity index (χ0) is 15.0. The highest BCUT2D eigenvalue weighted by Crippen LogP contribution is 2.52. The molecule has 116 valence electrons. The average Bonchev–Trinajstić information content (AvgIpc) is 2.80. The fourth-order valence-electron chi connectivity index (χ4n) is 4.57. The van der Waals surface area contributed by atoms with E-state index in [1.54, 1.807) is 0 Å². The maximum Gasteiger partial charge on any atom is 0.0732 e. The lowest BCUT2D eigenvalue weighted by molar-refractivity contribution is 0.108. The fraction of sp³-hybridized carbons (Fsp3) is 0.684. The third-order valence-corrected chi connectivity index (χ3v) is 5.88. The van der Waals surface area contributed by atoms with Crippen LogP contribution in [-0.2, 0) is 0 Å². The van der Waals surface area contributed by atoms with E-state index in [0.29, 0.717) is 5.92 Å². The number of fused-ring (bicyclic) bond motifs is 1. The van der Waals surface area contributed by atoms with E-state index in [0.717, 1.165) is 25.7 Å². The van der Waals surface area contributed by atoms with Crippen molar-refractivity contribution >= 4 is 0 Å². The van der Waals surface area contributed by atoms with E-state index in [1.807, 2.05) is 0 Å². The standard InChI is InChI=1S/C19H28O2/c1-13-5-8-16(20)10-14(13)6-7-15-11-17(21)12-19(2)9-3-4-18(15)19/h6-7,11,16-18,20-21H,3-5,8-10,12H2,1-2H3/b7-6+/t16-,17-,18-,19-/m0/s1. The van der Waals surface area contributed by atoms with E-state index in [-0.39, 0.29) is 17.6 Å². The first-order valence-electron chi connectivity index (χ1n) is 8.42. The molecule has 0 aromatic heterocycles. The Labute approximate surface area is 128 Å². The van der Waals surface area contributed by atoms with Gasteiger partial charge in [0.25, 0.3) is 0 Å². The third-order valence-electron chi connectivity index (χ3n) is 5.88. The Morgan fingerprint density at radius 2 is 2.05 bits per heavy atom. The fourth-order valence-corrected chi connectivity index (χ4v) is 4.57. The van der Waals surface area contributed by atoms with Gasteiger partial charge in [0.05, 0.1) is 12.2 Å². The van der Waals surface area contributed by atoms with Crippen molar-refractivity contribution in [3.8, 4) is 0 Å². The van der Waals surface area contributed by atoms with Gasteiger partial charge in [0.1, 0.15) is 0 Å². The molecule has 0 unspecified atom stereocenters.